The van der Waals surface area contributed by atoms with Crippen molar-refractivity contribution < 1.29 is 9.59 Å². The average molecular weight is 377 g/mol. The molecular formula is C21H23N5O2. The molecule has 0 spiro atoms. The topological polar surface area (TPSA) is 78.7 Å². The first-order chi connectivity index (χ1) is 13.7. The lowest BCUT2D eigenvalue weighted by atomic mass is 10.1. The molecule has 0 aliphatic carbocycles. The smallest absolute Gasteiger partial charge is 0.237 e. The average Bonchev–Trinajstić information content (AvgIpc) is 3.09. The van der Waals surface area contributed by atoms with Crippen molar-refractivity contribution in [2.24, 2.45) is 0 Å². The Hall–Kier alpha value is -3.19. The quantitative estimate of drug-likeness (QED) is 0.705. The van der Waals surface area contributed by atoms with Crippen LogP contribution in [0, 0.1) is 0 Å². The second-order valence-electron chi connectivity index (χ2n) is 6.86. The van der Waals surface area contributed by atoms with Crippen LogP contribution in [0.5, 0.6) is 0 Å². The van der Waals surface area contributed by atoms with Gasteiger partial charge in [-0.1, -0.05) is 36.4 Å². The van der Waals surface area contributed by atoms with Crippen molar-refractivity contribution in [3.8, 4) is 11.3 Å². The molecule has 1 aliphatic heterocycles. The van der Waals surface area contributed by atoms with E-state index in [0.29, 0.717) is 19.6 Å². The zero-order valence-electron chi connectivity index (χ0n) is 15.8. The van der Waals surface area contributed by atoms with Crippen molar-refractivity contribution >= 4 is 17.5 Å². The molecule has 1 saturated heterocycles. The van der Waals surface area contributed by atoms with Crippen LogP contribution in [0.4, 0.5) is 0 Å². The second-order valence-corrected chi connectivity index (χ2v) is 6.86. The summed E-state index contributed by atoms with van der Waals surface area (Å²) in [6.45, 7) is 1.78. The summed E-state index contributed by atoms with van der Waals surface area (Å²) in [5.74, 6) is -0.251. The molecule has 1 fully saturated rings. The van der Waals surface area contributed by atoms with Gasteiger partial charge >= 0.3 is 0 Å². The number of carbonyl (C=O) groups excluding carboxylic acids is 2. The van der Waals surface area contributed by atoms with Crippen LogP contribution >= 0.6 is 0 Å². The van der Waals surface area contributed by atoms with Gasteiger partial charge in [-0.05, 0) is 12.1 Å². The lowest BCUT2D eigenvalue weighted by Crippen LogP contribution is -2.56. The van der Waals surface area contributed by atoms with Crippen molar-refractivity contribution in [1.82, 2.24) is 24.9 Å². The maximum atomic E-state index is 12.4. The highest BCUT2D eigenvalue weighted by Gasteiger charge is 2.32. The summed E-state index contributed by atoms with van der Waals surface area (Å²) in [6.07, 6.45) is 2.13. The Kier molecular flexibility index (Phi) is 5.08. The summed E-state index contributed by atoms with van der Waals surface area (Å²) in [5, 5.41) is 5.49. The molecule has 1 unspecified atom stereocenters. The molecule has 1 atom stereocenters. The molecular weight excluding hydrogens is 354 g/mol. The van der Waals surface area contributed by atoms with E-state index < -0.39 is 6.04 Å². The summed E-state index contributed by atoms with van der Waals surface area (Å²) in [6, 6.07) is 15.5. The Morgan fingerprint density at radius 1 is 1.21 bits per heavy atom. The number of pyridine rings is 1. The van der Waals surface area contributed by atoms with E-state index in [1.165, 1.54) is 0 Å². The summed E-state index contributed by atoms with van der Waals surface area (Å²) >= 11 is 0. The first kappa shape index (κ1) is 18.2. The fraction of sp³-hybridized carbons (Fsp3) is 0.286. The number of imidazole rings is 1. The SMILES string of the molecule is CNC(=O)CC1C(=O)NCCN1Cc1c(-c2ccccc2)nc2ccccn12. The number of nitrogens with one attached hydrogen (secondary N) is 2. The molecule has 7 nitrogen and oxygen atoms in total. The third-order valence-electron chi connectivity index (χ3n) is 5.13. The van der Waals surface area contributed by atoms with Crippen LogP contribution in [0.25, 0.3) is 16.9 Å². The van der Waals surface area contributed by atoms with Gasteiger partial charge in [0, 0.05) is 38.4 Å². The molecule has 2 N–H and O–H groups in total. The van der Waals surface area contributed by atoms with Gasteiger partial charge in [0.1, 0.15) is 5.65 Å². The predicted octanol–water partition coefficient (Wildman–Crippen LogP) is 1.44. The number of piperazine rings is 1. The number of amides is 2. The maximum Gasteiger partial charge on any atom is 0.237 e. The molecule has 28 heavy (non-hydrogen) atoms. The molecule has 1 aromatic carbocycles. The van der Waals surface area contributed by atoms with Crippen molar-refractivity contribution in [3.05, 3.63) is 60.4 Å². The van der Waals surface area contributed by atoms with Gasteiger partial charge in [-0.15, -0.1) is 0 Å². The molecule has 1 aliphatic rings. The highest BCUT2D eigenvalue weighted by atomic mass is 16.2. The van der Waals surface area contributed by atoms with Gasteiger partial charge < -0.3 is 15.0 Å². The fourth-order valence-corrected chi connectivity index (χ4v) is 3.67. The van der Waals surface area contributed by atoms with E-state index in [0.717, 1.165) is 22.6 Å². The lowest BCUT2D eigenvalue weighted by Gasteiger charge is -2.34. The number of rotatable bonds is 5. The number of benzene rings is 1. The number of hydrogen-bond donors (Lipinski definition) is 2. The number of fused-ring (bicyclic) bond motifs is 1. The van der Waals surface area contributed by atoms with E-state index in [4.69, 9.17) is 4.98 Å². The maximum absolute atomic E-state index is 12.4. The van der Waals surface area contributed by atoms with Crippen LogP contribution in [0.1, 0.15) is 12.1 Å². The summed E-state index contributed by atoms with van der Waals surface area (Å²) in [5.41, 5.74) is 3.81. The van der Waals surface area contributed by atoms with Gasteiger partial charge in [-0.25, -0.2) is 4.98 Å². The van der Waals surface area contributed by atoms with Crippen LogP contribution in [0.15, 0.2) is 54.7 Å². The largest absolute Gasteiger partial charge is 0.359 e. The van der Waals surface area contributed by atoms with Crippen molar-refractivity contribution in [2.75, 3.05) is 20.1 Å². The Morgan fingerprint density at radius 3 is 2.79 bits per heavy atom. The molecule has 4 rings (SSSR count). The van der Waals surface area contributed by atoms with Crippen LogP contribution in [0.2, 0.25) is 0 Å². The van der Waals surface area contributed by atoms with Gasteiger partial charge in [0.2, 0.25) is 11.8 Å². The zero-order chi connectivity index (χ0) is 19.5. The van der Waals surface area contributed by atoms with Gasteiger partial charge in [0.05, 0.1) is 23.9 Å². The molecule has 0 saturated carbocycles. The fourth-order valence-electron chi connectivity index (χ4n) is 3.67. The molecule has 3 heterocycles. The molecule has 7 heteroatoms. The normalized spacial score (nSPS) is 17.5. The van der Waals surface area contributed by atoms with Crippen LogP contribution < -0.4 is 10.6 Å². The van der Waals surface area contributed by atoms with Crippen LogP contribution in [-0.4, -0.2) is 52.3 Å². The van der Waals surface area contributed by atoms with E-state index >= 15 is 0 Å². The second kappa shape index (κ2) is 7.82. The Labute approximate surface area is 163 Å². The molecule has 2 amide bonds. The van der Waals surface area contributed by atoms with E-state index in [1.54, 1.807) is 7.05 Å². The van der Waals surface area contributed by atoms with E-state index in [9.17, 15) is 9.59 Å². The van der Waals surface area contributed by atoms with Crippen molar-refractivity contribution in [1.29, 1.82) is 0 Å². The first-order valence-electron chi connectivity index (χ1n) is 9.41. The van der Waals surface area contributed by atoms with Crippen LogP contribution in [-0.2, 0) is 16.1 Å². The number of aromatic nitrogens is 2. The molecule has 0 bridgehead atoms. The van der Waals surface area contributed by atoms with E-state index in [-0.39, 0.29) is 18.2 Å². The number of hydrogen-bond acceptors (Lipinski definition) is 4. The van der Waals surface area contributed by atoms with Gasteiger partial charge in [0.15, 0.2) is 0 Å². The summed E-state index contributed by atoms with van der Waals surface area (Å²) in [4.78, 5) is 31.3. The van der Waals surface area contributed by atoms with Crippen molar-refractivity contribution in [2.45, 2.75) is 19.0 Å². The highest BCUT2D eigenvalue weighted by Crippen LogP contribution is 2.26. The summed E-state index contributed by atoms with van der Waals surface area (Å²) in [7, 11) is 1.59. The molecule has 0 radical (unpaired) electrons. The highest BCUT2D eigenvalue weighted by molar-refractivity contribution is 5.88. The third kappa shape index (κ3) is 3.48. The monoisotopic (exact) mass is 377 g/mol. The standard InChI is InChI=1S/C21H23N5O2/c1-22-19(27)13-16-21(28)23-10-12-25(16)14-17-20(15-7-3-2-4-8-15)24-18-9-5-6-11-26(17)18/h2-9,11,16H,10,12-14H2,1H3,(H,22,27)(H,23,28). The van der Waals surface area contributed by atoms with E-state index in [2.05, 4.69) is 19.9 Å². The van der Waals surface area contributed by atoms with Crippen LogP contribution in [0.3, 0.4) is 0 Å². The lowest BCUT2D eigenvalue weighted by molar-refractivity contribution is -0.134. The molecule has 144 valence electrons. The minimum absolute atomic E-state index is 0.107. The third-order valence-corrected chi connectivity index (χ3v) is 5.13. The first-order valence-corrected chi connectivity index (χ1v) is 9.41. The summed E-state index contributed by atoms with van der Waals surface area (Å²) < 4.78 is 2.06. The predicted molar refractivity (Wildman–Crippen MR) is 107 cm³/mol. The molecule has 2 aromatic heterocycles. The Bertz CT molecular complexity index is 998. The number of carbonyl (C=O) groups is 2. The Balaban J connectivity index is 1.73. The molecule has 3 aromatic rings. The Morgan fingerprint density at radius 2 is 2.00 bits per heavy atom. The van der Waals surface area contributed by atoms with Gasteiger partial charge in [0.25, 0.3) is 0 Å². The zero-order valence-corrected chi connectivity index (χ0v) is 15.8. The minimum atomic E-state index is -0.494. The minimum Gasteiger partial charge on any atom is -0.359 e. The van der Waals surface area contributed by atoms with Gasteiger partial charge in [-0.3, -0.25) is 14.5 Å². The van der Waals surface area contributed by atoms with Crippen molar-refractivity contribution in [3.63, 3.8) is 0 Å². The van der Waals surface area contributed by atoms with E-state index in [1.807, 2.05) is 54.7 Å². The number of nitrogens with zero attached hydrogens (tertiary/aromatic N) is 3. The van der Waals surface area contributed by atoms with Gasteiger partial charge in [-0.2, -0.15) is 0 Å².